The zero-order chi connectivity index (χ0) is 22.1. The van der Waals surface area contributed by atoms with Crippen molar-refractivity contribution in [3.8, 4) is 11.5 Å². The molecule has 0 fully saturated rings. The number of ether oxygens (including phenoxy) is 2. The number of carbonyl (C=O) groups is 1. The molecule has 1 unspecified atom stereocenters. The zero-order valence-electron chi connectivity index (χ0n) is 16.7. The fourth-order valence-electron chi connectivity index (χ4n) is 2.67. The Bertz CT molecular complexity index is 869. The van der Waals surface area contributed by atoms with Crippen LogP contribution in [-0.4, -0.2) is 35.7 Å². The van der Waals surface area contributed by atoms with Gasteiger partial charge in [0, 0.05) is 23.2 Å². The van der Waals surface area contributed by atoms with Crippen molar-refractivity contribution in [2.45, 2.75) is 32.5 Å². The largest absolute Gasteiger partial charge is 0.490 e. The summed E-state index contributed by atoms with van der Waals surface area (Å²) in [4.78, 5) is 11.4. The lowest BCUT2D eigenvalue weighted by Gasteiger charge is -2.17. The van der Waals surface area contributed by atoms with Gasteiger partial charge < -0.3 is 19.9 Å². The smallest absolute Gasteiger partial charge is 0.320 e. The molecule has 9 heteroatoms. The van der Waals surface area contributed by atoms with Gasteiger partial charge in [0.2, 0.25) is 0 Å². The molecule has 2 N–H and O–H groups in total. The van der Waals surface area contributed by atoms with Gasteiger partial charge in [0.25, 0.3) is 0 Å². The Morgan fingerprint density at radius 2 is 1.87 bits per heavy atom. The van der Waals surface area contributed by atoms with Crippen molar-refractivity contribution in [3.63, 3.8) is 0 Å². The van der Waals surface area contributed by atoms with E-state index in [1.807, 2.05) is 13.2 Å². The van der Waals surface area contributed by atoms with Crippen molar-refractivity contribution >= 4 is 40.9 Å². The quantitative estimate of drug-likeness (QED) is 0.427. The second-order valence-corrected chi connectivity index (χ2v) is 8.20. The van der Waals surface area contributed by atoms with Crippen LogP contribution in [0.15, 0.2) is 30.3 Å². The summed E-state index contributed by atoms with van der Waals surface area (Å²) in [6, 6.07) is 6.78. The van der Waals surface area contributed by atoms with E-state index in [1.165, 1.54) is 12.1 Å². The van der Waals surface area contributed by atoms with Crippen LogP contribution in [0.25, 0.3) is 0 Å². The number of hydrogen-bond donors (Lipinski definition) is 2. The van der Waals surface area contributed by atoms with Gasteiger partial charge in [-0.1, -0.05) is 29.3 Å². The first-order valence-corrected chi connectivity index (χ1v) is 11.5. The minimum absolute atomic E-state index is 0.114. The van der Waals surface area contributed by atoms with Crippen molar-refractivity contribution in [2.24, 2.45) is 0 Å². The number of hydrogen-bond acceptors (Lipinski definition) is 5. The highest BCUT2D eigenvalue weighted by Crippen LogP contribution is 2.34. The third-order valence-electron chi connectivity index (χ3n) is 4.26. The Morgan fingerprint density at radius 3 is 2.50 bits per heavy atom. The monoisotopic (exact) mass is 475 g/mol. The molecule has 0 spiro atoms. The van der Waals surface area contributed by atoms with Gasteiger partial charge in [-0.3, -0.25) is 4.79 Å². The molecule has 0 aliphatic heterocycles. The van der Waals surface area contributed by atoms with Gasteiger partial charge >= 0.3 is 5.97 Å². The van der Waals surface area contributed by atoms with Crippen LogP contribution in [0.4, 0.5) is 4.39 Å². The van der Waals surface area contributed by atoms with Crippen molar-refractivity contribution in [1.29, 1.82) is 0 Å². The lowest BCUT2D eigenvalue weighted by atomic mass is 10.1. The summed E-state index contributed by atoms with van der Waals surface area (Å²) >= 11 is 14.0. The highest BCUT2D eigenvalue weighted by molar-refractivity contribution is 7.98. The van der Waals surface area contributed by atoms with Gasteiger partial charge in [-0.2, -0.15) is 11.8 Å². The van der Waals surface area contributed by atoms with Crippen LogP contribution < -0.4 is 14.8 Å². The van der Waals surface area contributed by atoms with Gasteiger partial charge in [0.05, 0.1) is 11.6 Å². The highest BCUT2D eigenvalue weighted by Gasteiger charge is 2.18. The van der Waals surface area contributed by atoms with Gasteiger partial charge in [-0.05, 0) is 49.1 Å². The average molecular weight is 476 g/mol. The van der Waals surface area contributed by atoms with E-state index in [4.69, 9.17) is 32.7 Å². The van der Waals surface area contributed by atoms with E-state index in [0.29, 0.717) is 40.7 Å². The summed E-state index contributed by atoms with van der Waals surface area (Å²) in [5.41, 5.74) is 1.32. The molecule has 0 bridgehead atoms. The molecule has 2 rings (SSSR count). The molecule has 30 heavy (non-hydrogen) atoms. The van der Waals surface area contributed by atoms with Crippen molar-refractivity contribution in [1.82, 2.24) is 5.32 Å². The van der Waals surface area contributed by atoms with E-state index in [0.717, 1.165) is 5.75 Å². The second kappa shape index (κ2) is 12.2. The maximum absolute atomic E-state index is 13.2. The molecular formula is C21H24Cl2FNO4S. The molecule has 0 aromatic heterocycles. The van der Waals surface area contributed by atoms with Gasteiger partial charge in [0.15, 0.2) is 11.5 Å². The SMILES string of the molecule is CCOc1cc(CNC(CCSC)C(=O)O)c(Cl)cc1OCc1ccc(F)cc1Cl. The molecule has 0 radical (unpaired) electrons. The van der Waals surface area contributed by atoms with Crippen LogP contribution in [0.1, 0.15) is 24.5 Å². The minimum Gasteiger partial charge on any atom is -0.490 e. The molecule has 0 heterocycles. The number of thioether (sulfide) groups is 1. The first-order chi connectivity index (χ1) is 14.3. The molecule has 1 atom stereocenters. The Labute approximate surface area is 189 Å². The van der Waals surface area contributed by atoms with Gasteiger partial charge in [-0.25, -0.2) is 4.39 Å². The van der Waals surface area contributed by atoms with Crippen molar-refractivity contribution in [2.75, 3.05) is 18.6 Å². The normalized spacial score (nSPS) is 11.9. The standard InChI is InChI=1S/C21H24Cl2FNO4S/c1-3-28-19-8-14(11-25-18(21(26)27)6-7-30-2)17(23)10-20(19)29-12-13-4-5-15(24)9-16(13)22/h4-5,8-10,18,25H,3,6-7,11-12H2,1-2H3,(H,26,27). The summed E-state index contributed by atoms with van der Waals surface area (Å²) in [6.45, 7) is 2.64. The van der Waals surface area contributed by atoms with Crippen molar-refractivity contribution in [3.05, 3.63) is 57.3 Å². The lowest BCUT2D eigenvalue weighted by Crippen LogP contribution is -2.36. The minimum atomic E-state index is -0.902. The Balaban J connectivity index is 2.14. The van der Waals surface area contributed by atoms with Crippen molar-refractivity contribution < 1.29 is 23.8 Å². The predicted octanol–water partition coefficient (Wildman–Crippen LogP) is 5.41. The third-order valence-corrected chi connectivity index (χ3v) is 5.61. The molecule has 0 aliphatic carbocycles. The van der Waals surface area contributed by atoms with Crippen LogP contribution >= 0.6 is 35.0 Å². The Kier molecular flexibility index (Phi) is 10.0. The second-order valence-electron chi connectivity index (χ2n) is 6.40. The van der Waals surface area contributed by atoms with Crippen LogP contribution in [-0.2, 0) is 17.9 Å². The van der Waals surface area contributed by atoms with Crippen LogP contribution in [0, 0.1) is 5.82 Å². The molecule has 0 amide bonds. The van der Waals surface area contributed by atoms with E-state index >= 15 is 0 Å². The zero-order valence-corrected chi connectivity index (χ0v) is 19.0. The first kappa shape index (κ1) is 24.6. The molecule has 2 aromatic rings. The van der Waals surface area contributed by atoms with Crippen LogP contribution in [0.3, 0.4) is 0 Å². The summed E-state index contributed by atoms with van der Waals surface area (Å²) in [5, 5.41) is 13.1. The average Bonchev–Trinajstić information content (AvgIpc) is 2.69. The molecule has 164 valence electrons. The van der Waals surface area contributed by atoms with E-state index in [2.05, 4.69) is 5.32 Å². The number of halogens is 3. The van der Waals surface area contributed by atoms with Crippen LogP contribution in [0.5, 0.6) is 11.5 Å². The molecule has 2 aromatic carbocycles. The van der Waals surface area contributed by atoms with E-state index < -0.39 is 17.8 Å². The van der Waals surface area contributed by atoms with Crippen LogP contribution in [0.2, 0.25) is 10.0 Å². The number of nitrogens with one attached hydrogen (secondary N) is 1. The summed E-state index contributed by atoms with van der Waals surface area (Å²) in [6.07, 6.45) is 2.44. The fraction of sp³-hybridized carbons (Fsp3) is 0.381. The third kappa shape index (κ3) is 7.23. The molecular weight excluding hydrogens is 452 g/mol. The number of carboxylic acid groups (broad SMARTS) is 1. The topological polar surface area (TPSA) is 67.8 Å². The number of rotatable bonds is 12. The lowest BCUT2D eigenvalue weighted by molar-refractivity contribution is -0.139. The highest BCUT2D eigenvalue weighted by atomic mass is 35.5. The first-order valence-electron chi connectivity index (χ1n) is 9.32. The van der Waals surface area contributed by atoms with Gasteiger partial charge in [0.1, 0.15) is 18.5 Å². The predicted molar refractivity (Wildman–Crippen MR) is 120 cm³/mol. The Morgan fingerprint density at radius 1 is 1.17 bits per heavy atom. The van der Waals surface area contributed by atoms with E-state index in [-0.39, 0.29) is 18.2 Å². The summed E-state index contributed by atoms with van der Waals surface area (Å²) in [5.74, 6) is 0.314. The number of aliphatic carboxylic acids is 1. The molecule has 0 saturated heterocycles. The maximum atomic E-state index is 13.2. The maximum Gasteiger partial charge on any atom is 0.320 e. The summed E-state index contributed by atoms with van der Waals surface area (Å²) < 4.78 is 24.7. The number of benzene rings is 2. The van der Waals surface area contributed by atoms with E-state index in [1.54, 1.807) is 30.0 Å². The molecule has 0 aliphatic rings. The molecule has 0 saturated carbocycles. The molecule has 5 nitrogen and oxygen atoms in total. The van der Waals surface area contributed by atoms with Gasteiger partial charge in [-0.15, -0.1) is 0 Å². The summed E-state index contributed by atoms with van der Waals surface area (Å²) in [7, 11) is 0. The van der Waals surface area contributed by atoms with E-state index in [9.17, 15) is 14.3 Å². The fourth-order valence-corrected chi connectivity index (χ4v) is 3.58. The number of carboxylic acids is 1. The Hall–Kier alpha value is -1.67.